The van der Waals surface area contributed by atoms with Gasteiger partial charge in [0, 0.05) is 29.1 Å². The summed E-state index contributed by atoms with van der Waals surface area (Å²) in [6.07, 6.45) is 1.69. The first-order valence-electron chi connectivity index (χ1n) is 10.9. The molecule has 1 aliphatic heterocycles. The number of benzene rings is 2. The maximum absolute atomic E-state index is 12.5. The van der Waals surface area contributed by atoms with Crippen LogP contribution in [0.3, 0.4) is 0 Å². The maximum Gasteiger partial charge on any atom is 0.310 e. The van der Waals surface area contributed by atoms with Gasteiger partial charge in [0.2, 0.25) is 5.95 Å². The highest BCUT2D eigenvalue weighted by Crippen LogP contribution is 2.32. The molecule has 0 radical (unpaired) electrons. The zero-order valence-electron chi connectivity index (χ0n) is 18.1. The number of anilines is 1. The Labute approximate surface area is 191 Å². The number of hydrogen-bond donors (Lipinski definition) is 0. The number of nitrogens with zero attached hydrogens (tertiary/aromatic N) is 5. The summed E-state index contributed by atoms with van der Waals surface area (Å²) < 4.78 is 7.29. The van der Waals surface area contributed by atoms with Gasteiger partial charge in [0.05, 0.1) is 18.0 Å². The molecule has 32 heavy (non-hydrogen) atoms. The zero-order valence-corrected chi connectivity index (χ0v) is 18.8. The summed E-state index contributed by atoms with van der Waals surface area (Å²) >= 11 is 6.27. The second kappa shape index (κ2) is 8.39. The molecule has 1 fully saturated rings. The summed E-state index contributed by atoms with van der Waals surface area (Å²) in [5, 5.41) is 10.6. The molecule has 164 valence electrons. The molecule has 0 N–H and O–H groups in total. The predicted molar refractivity (Wildman–Crippen MR) is 125 cm³/mol. The third-order valence-corrected chi connectivity index (χ3v) is 6.12. The quantitative estimate of drug-likeness (QED) is 0.421. The van der Waals surface area contributed by atoms with Crippen molar-refractivity contribution in [2.24, 2.45) is 5.92 Å². The Kier molecular flexibility index (Phi) is 5.43. The number of ether oxygens (including phenoxy) is 1. The van der Waals surface area contributed by atoms with Gasteiger partial charge in [0.1, 0.15) is 0 Å². The number of esters is 1. The van der Waals surface area contributed by atoms with E-state index < -0.39 is 0 Å². The fourth-order valence-corrected chi connectivity index (χ4v) is 4.55. The standard InChI is InChI=1S/C24H24ClN5O2/c1-3-32-23(31)17-8-5-11-29(14-17)24-26-20-13-18(25)9-10-19(20)22-28-27-21(30(22)24)16-7-4-6-15(2)12-16/h4,6-7,9-10,12-13,17H,3,5,8,11,14H2,1-2H3. The predicted octanol–water partition coefficient (Wildman–Crippen LogP) is 4.69. The topological polar surface area (TPSA) is 72.6 Å². The number of hydrogen-bond acceptors (Lipinski definition) is 6. The van der Waals surface area contributed by atoms with Gasteiger partial charge in [-0.15, -0.1) is 10.2 Å². The van der Waals surface area contributed by atoms with Gasteiger partial charge in [-0.05, 0) is 51.0 Å². The number of carbonyl (C=O) groups excluding carboxylic acids is 1. The van der Waals surface area contributed by atoms with Crippen molar-refractivity contribution in [3.05, 3.63) is 53.1 Å². The van der Waals surface area contributed by atoms with E-state index in [9.17, 15) is 4.79 Å². The molecule has 1 saturated heterocycles. The molecule has 1 unspecified atom stereocenters. The average molecular weight is 450 g/mol. The van der Waals surface area contributed by atoms with Crippen molar-refractivity contribution in [3.63, 3.8) is 0 Å². The Hall–Kier alpha value is -3.19. The van der Waals surface area contributed by atoms with E-state index in [-0.39, 0.29) is 11.9 Å². The van der Waals surface area contributed by atoms with Crippen LogP contribution in [-0.2, 0) is 9.53 Å². The summed E-state index contributed by atoms with van der Waals surface area (Å²) in [6.45, 7) is 5.60. The molecular formula is C24H24ClN5O2. The van der Waals surface area contributed by atoms with Crippen molar-refractivity contribution in [1.82, 2.24) is 19.6 Å². The van der Waals surface area contributed by atoms with E-state index in [4.69, 9.17) is 21.3 Å². The Morgan fingerprint density at radius 2 is 2.09 bits per heavy atom. The van der Waals surface area contributed by atoms with Crippen LogP contribution in [0.5, 0.6) is 0 Å². The van der Waals surface area contributed by atoms with Crippen molar-refractivity contribution < 1.29 is 9.53 Å². The molecule has 2 aromatic heterocycles. The first-order valence-corrected chi connectivity index (χ1v) is 11.3. The van der Waals surface area contributed by atoms with Crippen LogP contribution in [0.4, 0.5) is 5.95 Å². The zero-order chi connectivity index (χ0) is 22.2. The SMILES string of the molecule is CCOC(=O)C1CCCN(c2nc3cc(Cl)ccc3c3nnc(-c4cccc(C)c4)n23)C1. The molecule has 8 heteroatoms. The lowest BCUT2D eigenvalue weighted by molar-refractivity contribution is -0.148. The van der Waals surface area contributed by atoms with E-state index in [1.165, 1.54) is 0 Å². The molecule has 0 aliphatic carbocycles. The summed E-state index contributed by atoms with van der Waals surface area (Å²) in [5.74, 6) is 1.10. The molecule has 5 rings (SSSR count). The van der Waals surface area contributed by atoms with Crippen LogP contribution < -0.4 is 4.90 Å². The van der Waals surface area contributed by atoms with Crippen LogP contribution in [-0.4, -0.2) is 45.2 Å². The lowest BCUT2D eigenvalue weighted by Crippen LogP contribution is -2.40. The molecule has 1 atom stereocenters. The van der Waals surface area contributed by atoms with Crippen LogP contribution >= 0.6 is 11.6 Å². The fraction of sp³-hybridized carbons (Fsp3) is 0.333. The van der Waals surface area contributed by atoms with Crippen LogP contribution in [0.1, 0.15) is 25.3 Å². The van der Waals surface area contributed by atoms with E-state index >= 15 is 0 Å². The van der Waals surface area contributed by atoms with Gasteiger partial charge in [-0.25, -0.2) is 9.38 Å². The molecule has 0 spiro atoms. The number of rotatable bonds is 4. The molecule has 7 nitrogen and oxygen atoms in total. The number of fused-ring (bicyclic) bond motifs is 3. The van der Waals surface area contributed by atoms with E-state index in [1.54, 1.807) is 0 Å². The minimum Gasteiger partial charge on any atom is -0.466 e. The Balaban J connectivity index is 1.70. The highest BCUT2D eigenvalue weighted by Gasteiger charge is 2.30. The van der Waals surface area contributed by atoms with Crippen molar-refractivity contribution in [2.75, 3.05) is 24.6 Å². The van der Waals surface area contributed by atoms with Crippen LogP contribution in [0, 0.1) is 12.8 Å². The smallest absolute Gasteiger partial charge is 0.310 e. The molecule has 2 aromatic carbocycles. The van der Waals surface area contributed by atoms with Crippen molar-refractivity contribution in [1.29, 1.82) is 0 Å². The van der Waals surface area contributed by atoms with E-state index in [0.29, 0.717) is 24.1 Å². The Morgan fingerprint density at radius 3 is 2.91 bits per heavy atom. The first kappa shape index (κ1) is 20.7. The summed E-state index contributed by atoms with van der Waals surface area (Å²) in [7, 11) is 0. The van der Waals surface area contributed by atoms with Gasteiger partial charge in [0.15, 0.2) is 11.5 Å². The van der Waals surface area contributed by atoms with Gasteiger partial charge < -0.3 is 9.64 Å². The number of aromatic nitrogens is 4. The van der Waals surface area contributed by atoms with E-state index in [1.807, 2.05) is 41.7 Å². The molecule has 4 aromatic rings. The Bertz CT molecular complexity index is 1320. The number of carbonyl (C=O) groups is 1. The summed E-state index contributed by atoms with van der Waals surface area (Å²) in [4.78, 5) is 19.6. The molecule has 0 saturated carbocycles. The molecule has 0 bridgehead atoms. The van der Waals surface area contributed by atoms with E-state index in [2.05, 4.69) is 34.2 Å². The second-order valence-corrected chi connectivity index (χ2v) is 8.60. The fourth-order valence-electron chi connectivity index (χ4n) is 4.39. The Morgan fingerprint density at radius 1 is 1.22 bits per heavy atom. The van der Waals surface area contributed by atoms with Crippen LogP contribution in [0.15, 0.2) is 42.5 Å². The van der Waals surface area contributed by atoms with Crippen molar-refractivity contribution in [3.8, 4) is 11.4 Å². The van der Waals surface area contributed by atoms with Gasteiger partial charge in [-0.2, -0.15) is 0 Å². The molecule has 3 heterocycles. The largest absolute Gasteiger partial charge is 0.466 e. The molecular weight excluding hydrogens is 426 g/mol. The van der Waals surface area contributed by atoms with Gasteiger partial charge in [-0.3, -0.25) is 4.79 Å². The lowest BCUT2D eigenvalue weighted by atomic mass is 9.98. The highest BCUT2D eigenvalue weighted by atomic mass is 35.5. The van der Waals surface area contributed by atoms with Crippen LogP contribution in [0.25, 0.3) is 27.9 Å². The third-order valence-electron chi connectivity index (χ3n) is 5.88. The van der Waals surface area contributed by atoms with Gasteiger partial charge >= 0.3 is 5.97 Å². The van der Waals surface area contributed by atoms with Gasteiger partial charge in [-0.1, -0.05) is 35.4 Å². The highest BCUT2D eigenvalue weighted by molar-refractivity contribution is 6.31. The number of halogens is 1. The summed E-state index contributed by atoms with van der Waals surface area (Å²) in [6, 6.07) is 13.8. The minimum atomic E-state index is -0.186. The number of piperidine rings is 1. The van der Waals surface area contributed by atoms with E-state index in [0.717, 1.165) is 52.9 Å². The minimum absolute atomic E-state index is 0.153. The van der Waals surface area contributed by atoms with Gasteiger partial charge in [0.25, 0.3) is 0 Å². The molecule has 1 aliphatic rings. The van der Waals surface area contributed by atoms with Crippen LogP contribution in [0.2, 0.25) is 5.02 Å². The summed E-state index contributed by atoms with van der Waals surface area (Å²) in [5.41, 5.74) is 3.58. The third kappa shape index (κ3) is 3.66. The first-order chi connectivity index (χ1) is 15.5. The number of aryl methyl sites for hydroxylation is 1. The van der Waals surface area contributed by atoms with Crippen molar-refractivity contribution >= 4 is 40.1 Å². The monoisotopic (exact) mass is 449 g/mol. The average Bonchev–Trinajstić information content (AvgIpc) is 3.24. The normalized spacial score (nSPS) is 16.6. The second-order valence-electron chi connectivity index (χ2n) is 8.16. The van der Waals surface area contributed by atoms with Crippen molar-refractivity contribution in [2.45, 2.75) is 26.7 Å². The lowest BCUT2D eigenvalue weighted by Gasteiger charge is -2.32. The molecule has 0 amide bonds. The maximum atomic E-state index is 12.5.